The second kappa shape index (κ2) is 7.05. The minimum atomic E-state index is 0.117. The summed E-state index contributed by atoms with van der Waals surface area (Å²) in [6.07, 6.45) is 3.70. The summed E-state index contributed by atoms with van der Waals surface area (Å²) in [7, 11) is 0. The molecule has 0 saturated heterocycles. The van der Waals surface area contributed by atoms with Gasteiger partial charge in [-0.05, 0) is 59.3 Å². The first-order valence-corrected chi connectivity index (χ1v) is 9.22. The van der Waals surface area contributed by atoms with Crippen LogP contribution in [0.3, 0.4) is 0 Å². The van der Waals surface area contributed by atoms with Crippen molar-refractivity contribution in [1.82, 2.24) is 4.90 Å². The number of nitrogens with two attached hydrogens (primary N) is 1. The van der Waals surface area contributed by atoms with Crippen molar-refractivity contribution in [2.45, 2.75) is 37.9 Å². The lowest BCUT2D eigenvalue weighted by Crippen LogP contribution is -2.29. The zero-order chi connectivity index (χ0) is 14.7. The van der Waals surface area contributed by atoms with E-state index in [1.807, 2.05) is 6.07 Å². The van der Waals surface area contributed by atoms with Gasteiger partial charge in [0.05, 0.1) is 0 Å². The molecule has 2 aromatic rings. The molecular weight excluding hydrogens is 344 g/mol. The Labute approximate surface area is 139 Å². The summed E-state index contributed by atoms with van der Waals surface area (Å²) < 4.78 is 1.10. The van der Waals surface area contributed by atoms with E-state index in [0.717, 1.165) is 30.0 Å². The Bertz CT molecular complexity index is 566. The summed E-state index contributed by atoms with van der Waals surface area (Å²) in [6, 6.07) is 11.5. The SMILES string of the molecule is NC(CCN(Cc1ccsc1)C1CC1)c1cccc(Br)c1. The quantitative estimate of drug-likeness (QED) is 0.779. The highest BCUT2D eigenvalue weighted by atomic mass is 79.9. The van der Waals surface area contributed by atoms with Gasteiger partial charge in [0.25, 0.3) is 0 Å². The first-order chi connectivity index (χ1) is 10.2. The van der Waals surface area contributed by atoms with Crippen LogP contribution in [0.15, 0.2) is 45.6 Å². The van der Waals surface area contributed by atoms with Crippen molar-refractivity contribution in [2.75, 3.05) is 6.54 Å². The van der Waals surface area contributed by atoms with E-state index >= 15 is 0 Å². The summed E-state index contributed by atoms with van der Waals surface area (Å²) in [5.74, 6) is 0. The van der Waals surface area contributed by atoms with Crippen LogP contribution in [0.1, 0.15) is 36.4 Å². The molecule has 0 bridgehead atoms. The summed E-state index contributed by atoms with van der Waals surface area (Å²) >= 11 is 5.30. The molecule has 2 N–H and O–H groups in total. The molecule has 1 aromatic carbocycles. The third kappa shape index (κ3) is 4.39. The van der Waals surface area contributed by atoms with Crippen LogP contribution in [0.5, 0.6) is 0 Å². The average Bonchev–Trinajstić information content (AvgIpc) is 3.20. The highest BCUT2D eigenvalue weighted by Crippen LogP contribution is 2.30. The van der Waals surface area contributed by atoms with Crippen LogP contribution < -0.4 is 5.73 Å². The Kier molecular flexibility index (Phi) is 5.11. The zero-order valence-corrected chi connectivity index (χ0v) is 14.4. The summed E-state index contributed by atoms with van der Waals surface area (Å²) in [6.45, 7) is 2.15. The van der Waals surface area contributed by atoms with Gasteiger partial charge in [0.15, 0.2) is 0 Å². The van der Waals surface area contributed by atoms with E-state index in [1.54, 1.807) is 11.3 Å². The van der Waals surface area contributed by atoms with Gasteiger partial charge in [0.2, 0.25) is 0 Å². The monoisotopic (exact) mass is 364 g/mol. The molecule has 4 heteroatoms. The Morgan fingerprint density at radius 2 is 2.19 bits per heavy atom. The van der Waals surface area contributed by atoms with Crippen molar-refractivity contribution in [3.63, 3.8) is 0 Å². The fourth-order valence-corrected chi connectivity index (χ4v) is 3.73. The van der Waals surface area contributed by atoms with Crippen LogP contribution in [-0.4, -0.2) is 17.5 Å². The fraction of sp³-hybridized carbons (Fsp3) is 0.412. The number of hydrogen-bond acceptors (Lipinski definition) is 3. The maximum atomic E-state index is 6.36. The van der Waals surface area contributed by atoms with Crippen LogP contribution in [0.4, 0.5) is 0 Å². The second-order valence-corrected chi connectivity index (χ2v) is 7.48. The molecule has 1 atom stereocenters. The van der Waals surface area contributed by atoms with Crippen LogP contribution in [-0.2, 0) is 6.54 Å². The molecule has 1 unspecified atom stereocenters. The molecule has 0 amide bonds. The van der Waals surface area contributed by atoms with Crippen LogP contribution in [0.2, 0.25) is 0 Å². The van der Waals surface area contributed by atoms with E-state index < -0.39 is 0 Å². The third-order valence-electron chi connectivity index (χ3n) is 4.03. The predicted molar refractivity (Wildman–Crippen MR) is 93.4 cm³/mol. The molecule has 0 aliphatic heterocycles. The van der Waals surface area contributed by atoms with Crippen LogP contribution in [0, 0.1) is 0 Å². The van der Waals surface area contributed by atoms with Crippen molar-refractivity contribution in [1.29, 1.82) is 0 Å². The Balaban J connectivity index is 1.56. The van der Waals surface area contributed by atoms with Gasteiger partial charge in [0.1, 0.15) is 0 Å². The first kappa shape index (κ1) is 15.2. The minimum Gasteiger partial charge on any atom is -0.324 e. The van der Waals surface area contributed by atoms with E-state index in [0.29, 0.717) is 0 Å². The summed E-state index contributed by atoms with van der Waals surface area (Å²) in [5.41, 5.74) is 9.01. The molecule has 2 nitrogen and oxygen atoms in total. The largest absolute Gasteiger partial charge is 0.324 e. The molecule has 1 aromatic heterocycles. The smallest absolute Gasteiger partial charge is 0.0307 e. The number of rotatable bonds is 7. The normalized spacial score (nSPS) is 16.3. The van der Waals surface area contributed by atoms with E-state index in [-0.39, 0.29) is 6.04 Å². The standard InChI is InChI=1S/C17H21BrN2S/c18-15-3-1-2-14(10-15)17(19)6-8-20(16-4-5-16)11-13-7-9-21-12-13/h1-3,7,9-10,12,16-17H,4-6,8,11,19H2. The second-order valence-electron chi connectivity index (χ2n) is 5.78. The van der Waals surface area contributed by atoms with Gasteiger partial charge in [-0.15, -0.1) is 0 Å². The summed E-state index contributed by atoms with van der Waals surface area (Å²) in [4.78, 5) is 2.60. The van der Waals surface area contributed by atoms with Gasteiger partial charge in [0, 0.05) is 29.6 Å². The van der Waals surface area contributed by atoms with Crippen molar-refractivity contribution < 1.29 is 0 Å². The van der Waals surface area contributed by atoms with Gasteiger partial charge in [-0.25, -0.2) is 0 Å². The molecule has 0 spiro atoms. The zero-order valence-electron chi connectivity index (χ0n) is 12.0. The molecular formula is C17H21BrN2S. The fourth-order valence-electron chi connectivity index (χ4n) is 2.66. The predicted octanol–water partition coefficient (Wildman–Crippen LogP) is 4.57. The molecule has 1 fully saturated rings. The van der Waals surface area contributed by atoms with Crippen molar-refractivity contribution in [3.8, 4) is 0 Å². The maximum Gasteiger partial charge on any atom is 0.0307 e. The number of benzene rings is 1. The summed E-state index contributed by atoms with van der Waals surface area (Å²) in [5, 5.41) is 4.41. The molecule has 21 heavy (non-hydrogen) atoms. The van der Waals surface area contributed by atoms with Crippen molar-refractivity contribution >= 4 is 27.3 Å². The highest BCUT2D eigenvalue weighted by Gasteiger charge is 2.29. The maximum absolute atomic E-state index is 6.36. The van der Waals surface area contributed by atoms with Crippen LogP contribution >= 0.6 is 27.3 Å². The van der Waals surface area contributed by atoms with E-state index in [9.17, 15) is 0 Å². The van der Waals surface area contributed by atoms with Gasteiger partial charge < -0.3 is 5.73 Å². The number of nitrogens with zero attached hydrogens (tertiary/aromatic N) is 1. The Morgan fingerprint density at radius 3 is 2.86 bits per heavy atom. The number of hydrogen-bond donors (Lipinski definition) is 1. The van der Waals surface area contributed by atoms with Gasteiger partial charge in [-0.1, -0.05) is 28.1 Å². The topological polar surface area (TPSA) is 29.3 Å². The van der Waals surface area contributed by atoms with Gasteiger partial charge in [-0.2, -0.15) is 11.3 Å². The van der Waals surface area contributed by atoms with Gasteiger partial charge >= 0.3 is 0 Å². The highest BCUT2D eigenvalue weighted by molar-refractivity contribution is 9.10. The first-order valence-electron chi connectivity index (χ1n) is 7.48. The Hall–Kier alpha value is -0.680. The number of thiophene rings is 1. The molecule has 0 radical (unpaired) electrons. The van der Waals surface area contributed by atoms with E-state index in [4.69, 9.17) is 5.73 Å². The lowest BCUT2D eigenvalue weighted by atomic mass is 10.0. The van der Waals surface area contributed by atoms with Crippen molar-refractivity contribution in [2.24, 2.45) is 5.73 Å². The Morgan fingerprint density at radius 1 is 1.33 bits per heavy atom. The molecule has 1 aliphatic carbocycles. The lowest BCUT2D eigenvalue weighted by molar-refractivity contribution is 0.245. The van der Waals surface area contributed by atoms with E-state index in [2.05, 4.69) is 55.9 Å². The molecule has 1 saturated carbocycles. The molecule has 1 aliphatic rings. The van der Waals surface area contributed by atoms with Crippen LogP contribution in [0.25, 0.3) is 0 Å². The number of halogens is 1. The average molecular weight is 365 g/mol. The van der Waals surface area contributed by atoms with Gasteiger partial charge in [-0.3, -0.25) is 4.90 Å². The molecule has 112 valence electrons. The van der Waals surface area contributed by atoms with E-state index in [1.165, 1.54) is 24.0 Å². The molecule has 1 heterocycles. The van der Waals surface area contributed by atoms with Crippen molar-refractivity contribution in [3.05, 3.63) is 56.7 Å². The molecule has 3 rings (SSSR count). The lowest BCUT2D eigenvalue weighted by Gasteiger charge is -2.23. The third-order valence-corrected chi connectivity index (χ3v) is 5.26. The minimum absolute atomic E-state index is 0.117.